The average molecular weight is 448 g/mol. The van der Waals surface area contributed by atoms with E-state index < -0.39 is 31.5 Å². The molecule has 0 unspecified atom stereocenters. The van der Waals surface area contributed by atoms with E-state index in [1.165, 1.54) is 12.1 Å². The van der Waals surface area contributed by atoms with Crippen molar-refractivity contribution in [2.45, 2.75) is 57.3 Å². The Kier molecular flexibility index (Phi) is 7.06. The molecule has 0 aliphatic carbocycles. The Balaban J connectivity index is 1.95. The summed E-state index contributed by atoms with van der Waals surface area (Å²) in [4.78, 5) is 0. The van der Waals surface area contributed by atoms with Gasteiger partial charge >= 0.3 is 0 Å². The molecule has 0 radical (unpaired) electrons. The Morgan fingerprint density at radius 3 is 2.42 bits per heavy atom. The van der Waals surface area contributed by atoms with Crippen LogP contribution in [0.15, 0.2) is 48.5 Å². The summed E-state index contributed by atoms with van der Waals surface area (Å²) in [7, 11) is -2.05. The lowest BCUT2D eigenvalue weighted by atomic mass is 9.67. The SMILES string of the molecule is CC(C)(C)[Si](C)(C)OC[C@@H](O)[C@@]1(Cc2ccccc2)CNC[C@H]1c1ccc(F)c(F)c1. The first-order valence-electron chi connectivity index (χ1n) is 11.0. The van der Waals surface area contributed by atoms with Gasteiger partial charge in [-0.05, 0) is 47.8 Å². The van der Waals surface area contributed by atoms with Crippen molar-refractivity contribution in [1.82, 2.24) is 5.32 Å². The molecular formula is C25H35F2NO2Si. The average Bonchev–Trinajstić information content (AvgIpc) is 3.13. The number of hydrogen-bond donors (Lipinski definition) is 2. The predicted molar refractivity (Wildman–Crippen MR) is 124 cm³/mol. The second kappa shape index (κ2) is 9.10. The first-order chi connectivity index (χ1) is 14.5. The molecule has 0 amide bonds. The molecule has 0 saturated carbocycles. The lowest BCUT2D eigenvalue weighted by Crippen LogP contribution is -2.49. The van der Waals surface area contributed by atoms with E-state index in [0.717, 1.165) is 5.56 Å². The molecule has 0 spiro atoms. The van der Waals surface area contributed by atoms with Gasteiger partial charge in [0.1, 0.15) is 0 Å². The highest BCUT2D eigenvalue weighted by molar-refractivity contribution is 6.74. The van der Waals surface area contributed by atoms with E-state index >= 15 is 0 Å². The quantitative estimate of drug-likeness (QED) is 0.569. The maximum Gasteiger partial charge on any atom is 0.192 e. The number of hydrogen-bond acceptors (Lipinski definition) is 3. The van der Waals surface area contributed by atoms with Crippen LogP contribution in [0.5, 0.6) is 0 Å². The highest BCUT2D eigenvalue weighted by Gasteiger charge is 2.50. The fraction of sp³-hybridized carbons (Fsp3) is 0.520. The summed E-state index contributed by atoms with van der Waals surface area (Å²) in [5.41, 5.74) is 1.21. The van der Waals surface area contributed by atoms with Crippen molar-refractivity contribution in [1.29, 1.82) is 0 Å². The molecule has 2 aromatic carbocycles. The molecule has 6 heteroatoms. The van der Waals surface area contributed by atoms with Gasteiger partial charge in [0.2, 0.25) is 0 Å². The molecule has 1 aliphatic heterocycles. The van der Waals surface area contributed by atoms with E-state index in [9.17, 15) is 13.9 Å². The van der Waals surface area contributed by atoms with Crippen LogP contribution in [0.2, 0.25) is 18.1 Å². The molecule has 2 N–H and O–H groups in total. The van der Waals surface area contributed by atoms with Crippen molar-refractivity contribution in [3.63, 3.8) is 0 Å². The minimum Gasteiger partial charge on any atom is -0.414 e. The summed E-state index contributed by atoms with van der Waals surface area (Å²) in [6.07, 6.45) is -0.137. The molecule has 31 heavy (non-hydrogen) atoms. The summed E-state index contributed by atoms with van der Waals surface area (Å²) in [5, 5.41) is 15.0. The summed E-state index contributed by atoms with van der Waals surface area (Å²) < 4.78 is 34.0. The zero-order valence-corrected chi connectivity index (χ0v) is 20.2. The van der Waals surface area contributed by atoms with Crippen molar-refractivity contribution >= 4 is 8.32 Å². The largest absolute Gasteiger partial charge is 0.414 e. The van der Waals surface area contributed by atoms with E-state index in [2.05, 4.69) is 39.2 Å². The van der Waals surface area contributed by atoms with Crippen LogP contribution in [0.3, 0.4) is 0 Å². The van der Waals surface area contributed by atoms with Crippen molar-refractivity contribution in [3.05, 3.63) is 71.3 Å². The van der Waals surface area contributed by atoms with Crippen LogP contribution < -0.4 is 5.32 Å². The molecule has 3 atom stereocenters. The minimum atomic E-state index is -2.05. The number of nitrogens with one attached hydrogen (secondary N) is 1. The molecule has 1 fully saturated rings. The van der Waals surface area contributed by atoms with Crippen LogP contribution in [0.4, 0.5) is 8.78 Å². The van der Waals surface area contributed by atoms with Gasteiger partial charge in [0.05, 0.1) is 12.7 Å². The Morgan fingerprint density at radius 1 is 1.13 bits per heavy atom. The van der Waals surface area contributed by atoms with Crippen molar-refractivity contribution in [2.75, 3.05) is 19.7 Å². The van der Waals surface area contributed by atoms with Gasteiger partial charge < -0.3 is 14.8 Å². The van der Waals surface area contributed by atoms with Crippen LogP contribution in [0, 0.1) is 17.0 Å². The molecule has 1 saturated heterocycles. The van der Waals surface area contributed by atoms with Crippen LogP contribution >= 0.6 is 0 Å². The summed E-state index contributed by atoms with van der Waals surface area (Å²) in [6.45, 7) is 12.3. The first kappa shape index (κ1) is 24.0. The number of benzene rings is 2. The van der Waals surface area contributed by atoms with Crippen molar-refractivity contribution in [3.8, 4) is 0 Å². The van der Waals surface area contributed by atoms with E-state index in [-0.39, 0.29) is 17.6 Å². The lowest BCUT2D eigenvalue weighted by molar-refractivity contribution is -0.0111. The van der Waals surface area contributed by atoms with Gasteiger partial charge in [0.25, 0.3) is 0 Å². The number of aliphatic hydroxyl groups excluding tert-OH is 1. The van der Waals surface area contributed by atoms with E-state index in [4.69, 9.17) is 4.43 Å². The lowest BCUT2D eigenvalue weighted by Gasteiger charge is -2.42. The molecule has 0 bridgehead atoms. The van der Waals surface area contributed by atoms with Gasteiger partial charge in [-0.15, -0.1) is 0 Å². The minimum absolute atomic E-state index is 0.0345. The number of aliphatic hydroxyl groups is 1. The van der Waals surface area contributed by atoms with E-state index in [1.54, 1.807) is 6.07 Å². The molecular weight excluding hydrogens is 412 g/mol. The third kappa shape index (κ3) is 5.08. The van der Waals surface area contributed by atoms with Crippen LogP contribution in [-0.4, -0.2) is 39.2 Å². The normalized spacial score (nSPS) is 23.2. The van der Waals surface area contributed by atoms with Crippen LogP contribution in [0.1, 0.15) is 37.8 Å². The molecule has 0 aromatic heterocycles. The smallest absolute Gasteiger partial charge is 0.192 e. The zero-order chi connectivity index (χ0) is 22.9. The van der Waals surface area contributed by atoms with Crippen LogP contribution in [-0.2, 0) is 10.8 Å². The third-order valence-electron chi connectivity index (χ3n) is 7.29. The number of rotatable bonds is 7. The Hall–Kier alpha value is -1.60. The number of halogens is 2. The molecule has 3 nitrogen and oxygen atoms in total. The molecule has 1 aliphatic rings. The van der Waals surface area contributed by atoms with Crippen LogP contribution in [0.25, 0.3) is 0 Å². The maximum atomic E-state index is 14.1. The summed E-state index contributed by atoms with van der Waals surface area (Å²) >= 11 is 0. The highest BCUT2D eigenvalue weighted by atomic mass is 28.4. The first-order valence-corrected chi connectivity index (χ1v) is 13.9. The maximum absolute atomic E-state index is 14.1. The van der Waals surface area contributed by atoms with Gasteiger partial charge in [-0.2, -0.15) is 0 Å². The molecule has 2 aromatic rings. The van der Waals surface area contributed by atoms with Gasteiger partial charge in [0, 0.05) is 24.4 Å². The second-order valence-corrected chi connectivity index (χ2v) is 15.1. The molecule has 170 valence electrons. The van der Waals surface area contributed by atoms with Gasteiger partial charge in [-0.25, -0.2) is 8.78 Å². The van der Waals surface area contributed by atoms with Crippen molar-refractivity contribution in [2.24, 2.45) is 5.41 Å². The van der Waals surface area contributed by atoms with E-state index in [1.807, 2.05) is 30.3 Å². The predicted octanol–water partition coefficient (Wildman–Crippen LogP) is 5.26. The Bertz CT molecular complexity index is 885. The molecule has 3 rings (SSSR count). The standard InChI is InChI=1S/C25H35F2NO2Si/c1-24(2,3)31(4,5)30-16-23(29)25(14-18-9-7-6-8-10-18)17-28-15-20(25)19-11-12-21(26)22(27)13-19/h6-13,20,23,28-29H,14-17H2,1-5H3/t20-,23+,25-/m0/s1. The van der Waals surface area contributed by atoms with Gasteiger partial charge in [-0.1, -0.05) is 57.2 Å². The molecule has 1 heterocycles. The van der Waals surface area contributed by atoms with Gasteiger partial charge in [0.15, 0.2) is 20.0 Å². The summed E-state index contributed by atoms with van der Waals surface area (Å²) in [6, 6.07) is 14.1. The fourth-order valence-corrected chi connectivity index (χ4v) is 5.26. The highest BCUT2D eigenvalue weighted by Crippen LogP contribution is 2.46. The Labute approximate surface area is 186 Å². The fourth-order valence-electron chi connectivity index (χ4n) is 4.25. The second-order valence-electron chi connectivity index (χ2n) is 10.3. The topological polar surface area (TPSA) is 41.5 Å². The summed E-state index contributed by atoms with van der Waals surface area (Å²) in [5.74, 6) is -1.88. The van der Waals surface area contributed by atoms with Crippen molar-refractivity contribution < 1.29 is 18.3 Å². The Morgan fingerprint density at radius 2 is 1.81 bits per heavy atom. The monoisotopic (exact) mass is 447 g/mol. The van der Waals surface area contributed by atoms with Gasteiger partial charge in [-0.3, -0.25) is 0 Å². The third-order valence-corrected chi connectivity index (χ3v) is 11.8. The van der Waals surface area contributed by atoms with E-state index in [0.29, 0.717) is 25.1 Å². The zero-order valence-electron chi connectivity index (χ0n) is 19.2.